The Labute approximate surface area is 45.6 Å². The van der Waals surface area contributed by atoms with Gasteiger partial charge < -0.3 is 0 Å². The quantitative estimate of drug-likeness (QED) is 0.511. The van der Waals surface area contributed by atoms with E-state index in [9.17, 15) is 0 Å². The number of hydrogen-bond acceptors (Lipinski definition) is 0. The Hall–Kier alpha value is 0.770. The summed E-state index contributed by atoms with van der Waals surface area (Å²) in [6.45, 7) is 3.51. The molecule has 2 heteroatoms. The minimum absolute atomic E-state index is 0.0579. The van der Waals surface area contributed by atoms with Crippen LogP contribution in [0.15, 0.2) is 0 Å². The van der Waals surface area contributed by atoms with Crippen molar-refractivity contribution in [3.05, 3.63) is 6.92 Å². The van der Waals surface area contributed by atoms with Crippen LogP contribution in [0.25, 0.3) is 0 Å². The van der Waals surface area contributed by atoms with Crippen LogP contribution < -0.4 is 0 Å². The molecule has 0 aliphatic heterocycles. The zero-order valence-corrected chi connectivity index (χ0v) is 5.09. The van der Waals surface area contributed by atoms with Gasteiger partial charge in [-0.1, -0.05) is 22.9 Å². The van der Waals surface area contributed by atoms with Crippen LogP contribution in [-0.2, 0) is 0 Å². The van der Waals surface area contributed by atoms with Crippen LogP contribution in [0, 0.1) is 6.92 Å². The fraction of sp³-hybridized carbons (Fsp3) is 0.667. The highest BCUT2D eigenvalue weighted by Gasteiger charge is 1.86. The monoisotopic (exact) mass is 155 g/mol. The highest BCUT2D eigenvalue weighted by Crippen LogP contribution is 2.06. The molecule has 0 saturated heterocycles. The van der Waals surface area contributed by atoms with Crippen LogP contribution in [0.2, 0.25) is 0 Å². The van der Waals surface area contributed by atoms with Gasteiger partial charge in [-0.25, -0.2) is 0 Å². The van der Waals surface area contributed by atoms with Crippen molar-refractivity contribution in [2.24, 2.45) is 0 Å². The average molecular weight is 156 g/mol. The highest BCUT2D eigenvalue weighted by atomic mass is 79.9. The van der Waals surface area contributed by atoms with E-state index >= 15 is 0 Å². The minimum Gasteiger partial charge on any atom is -0.110 e. The molecule has 0 rings (SSSR count). The van der Waals surface area contributed by atoms with Crippen LogP contribution in [-0.4, -0.2) is 4.29 Å². The van der Waals surface area contributed by atoms with Crippen molar-refractivity contribution >= 4 is 27.5 Å². The van der Waals surface area contributed by atoms with E-state index in [0.29, 0.717) is 0 Å². The maximum atomic E-state index is 5.32. The van der Waals surface area contributed by atoms with Gasteiger partial charge >= 0.3 is 0 Å². The van der Waals surface area contributed by atoms with Crippen molar-refractivity contribution in [2.45, 2.75) is 10.7 Å². The summed E-state index contributed by atoms with van der Waals surface area (Å²) < 4.78 is 0.0579. The second-order valence-corrected chi connectivity index (χ2v) is 2.84. The Kier molecular flexibility index (Phi) is 3.44. The molecular formula is C3H5BrCl. The molecule has 0 aliphatic rings. The first-order valence-electron chi connectivity index (χ1n) is 1.34. The predicted molar refractivity (Wildman–Crippen MR) is 28.5 cm³/mol. The van der Waals surface area contributed by atoms with Gasteiger partial charge in [-0.2, -0.15) is 0 Å². The molecule has 0 N–H and O–H groups in total. The van der Waals surface area contributed by atoms with Crippen molar-refractivity contribution in [3.8, 4) is 0 Å². The molecule has 1 radical (unpaired) electrons. The van der Waals surface area contributed by atoms with Crippen LogP contribution in [0.1, 0.15) is 6.42 Å². The summed E-state index contributed by atoms with van der Waals surface area (Å²) in [5.41, 5.74) is 0. The molecule has 0 saturated carbocycles. The van der Waals surface area contributed by atoms with Crippen molar-refractivity contribution in [3.63, 3.8) is 0 Å². The van der Waals surface area contributed by atoms with Crippen LogP contribution >= 0.6 is 27.5 Å². The summed E-state index contributed by atoms with van der Waals surface area (Å²) in [7, 11) is 0. The lowest BCUT2D eigenvalue weighted by atomic mass is 10.6. The molecule has 0 amide bonds. The number of alkyl halides is 2. The van der Waals surface area contributed by atoms with Gasteiger partial charge in [-0.15, -0.1) is 11.6 Å². The highest BCUT2D eigenvalue weighted by molar-refractivity contribution is 9.10. The second kappa shape index (κ2) is 2.98. The lowest BCUT2D eigenvalue weighted by Gasteiger charge is -1.84. The van der Waals surface area contributed by atoms with E-state index in [1.807, 2.05) is 0 Å². The number of hydrogen-bond donors (Lipinski definition) is 0. The molecule has 0 aliphatic carbocycles. The van der Waals surface area contributed by atoms with Gasteiger partial charge in [-0.05, 0) is 6.42 Å². The first-order valence-corrected chi connectivity index (χ1v) is 2.70. The van der Waals surface area contributed by atoms with Crippen LogP contribution in [0.4, 0.5) is 0 Å². The third-order valence-electron chi connectivity index (χ3n) is 0.218. The Morgan fingerprint density at radius 3 is 2.20 bits per heavy atom. The molecule has 1 atom stereocenters. The standard InChI is InChI=1S/C3H5BrCl/c1-2-3(4)5/h3H,1-2H2. The topological polar surface area (TPSA) is 0 Å². The molecule has 0 bridgehead atoms. The Balaban J connectivity index is 2.54. The van der Waals surface area contributed by atoms with Gasteiger partial charge in [0.25, 0.3) is 0 Å². The third kappa shape index (κ3) is 4.77. The van der Waals surface area contributed by atoms with Gasteiger partial charge in [0.15, 0.2) is 0 Å². The maximum absolute atomic E-state index is 5.32. The summed E-state index contributed by atoms with van der Waals surface area (Å²) in [5, 5.41) is 0. The molecule has 0 nitrogen and oxygen atoms in total. The smallest absolute Gasteiger partial charge is 0.0886 e. The van der Waals surface area contributed by atoms with Gasteiger partial charge in [0, 0.05) is 0 Å². The van der Waals surface area contributed by atoms with E-state index in [4.69, 9.17) is 11.6 Å². The summed E-state index contributed by atoms with van der Waals surface area (Å²) >= 11 is 8.39. The Morgan fingerprint density at radius 2 is 2.20 bits per heavy atom. The molecule has 5 heavy (non-hydrogen) atoms. The molecule has 0 aromatic rings. The van der Waals surface area contributed by atoms with E-state index in [1.54, 1.807) is 0 Å². The van der Waals surface area contributed by atoms with E-state index < -0.39 is 0 Å². The zero-order valence-electron chi connectivity index (χ0n) is 2.75. The van der Waals surface area contributed by atoms with E-state index in [1.165, 1.54) is 0 Å². The first kappa shape index (κ1) is 5.77. The van der Waals surface area contributed by atoms with Crippen LogP contribution in [0.5, 0.6) is 0 Å². The lowest BCUT2D eigenvalue weighted by Crippen LogP contribution is -1.75. The van der Waals surface area contributed by atoms with Crippen molar-refractivity contribution < 1.29 is 0 Å². The lowest BCUT2D eigenvalue weighted by molar-refractivity contribution is 1.19. The van der Waals surface area contributed by atoms with Gasteiger partial charge in [0.05, 0.1) is 4.29 Å². The maximum Gasteiger partial charge on any atom is 0.0886 e. The van der Waals surface area contributed by atoms with Crippen molar-refractivity contribution in [1.29, 1.82) is 0 Å². The first-order chi connectivity index (χ1) is 2.27. The molecule has 31 valence electrons. The summed E-state index contributed by atoms with van der Waals surface area (Å²) in [6, 6.07) is 0. The fourth-order valence-electron chi connectivity index (χ4n) is 0. The number of rotatable bonds is 1. The minimum atomic E-state index is 0.0579. The van der Waals surface area contributed by atoms with Crippen LogP contribution in [0.3, 0.4) is 0 Å². The van der Waals surface area contributed by atoms with Gasteiger partial charge in [0.2, 0.25) is 0 Å². The predicted octanol–water partition coefficient (Wildman–Crippen LogP) is 2.17. The van der Waals surface area contributed by atoms with Crippen molar-refractivity contribution in [2.75, 3.05) is 0 Å². The molecule has 0 heterocycles. The largest absolute Gasteiger partial charge is 0.110 e. The molecule has 0 aromatic heterocycles. The Morgan fingerprint density at radius 1 is 2.00 bits per heavy atom. The van der Waals surface area contributed by atoms with E-state index in [2.05, 4.69) is 22.9 Å². The number of halogens is 2. The van der Waals surface area contributed by atoms with Gasteiger partial charge in [0.1, 0.15) is 0 Å². The second-order valence-electron chi connectivity index (χ2n) is 0.680. The third-order valence-corrected chi connectivity index (χ3v) is 0.894. The molecule has 1 unspecified atom stereocenters. The molecule has 0 fully saturated rings. The SMILES string of the molecule is [CH2]CC(Cl)Br. The summed E-state index contributed by atoms with van der Waals surface area (Å²) in [4.78, 5) is 0. The average Bonchev–Trinajstić information content (AvgIpc) is 1.38. The summed E-state index contributed by atoms with van der Waals surface area (Å²) in [5.74, 6) is 0. The summed E-state index contributed by atoms with van der Waals surface area (Å²) in [6.07, 6.45) is 0.738. The zero-order chi connectivity index (χ0) is 4.28. The molecular weight excluding hydrogens is 151 g/mol. The molecule has 0 aromatic carbocycles. The Bertz CT molecular complexity index is 20.9. The van der Waals surface area contributed by atoms with Crippen molar-refractivity contribution in [1.82, 2.24) is 0 Å². The van der Waals surface area contributed by atoms with Gasteiger partial charge in [-0.3, -0.25) is 0 Å². The normalized spacial score (nSPS) is 15.0. The fourth-order valence-corrected chi connectivity index (χ4v) is 0. The van der Waals surface area contributed by atoms with E-state index in [-0.39, 0.29) is 4.29 Å². The van der Waals surface area contributed by atoms with E-state index in [0.717, 1.165) is 6.42 Å². The molecule has 0 spiro atoms.